The van der Waals surface area contributed by atoms with Crippen molar-refractivity contribution in [2.45, 2.75) is 6.42 Å². The Bertz CT molecular complexity index is 410. The van der Waals surface area contributed by atoms with Gasteiger partial charge in [0.1, 0.15) is 0 Å². The van der Waals surface area contributed by atoms with E-state index in [-0.39, 0.29) is 11.3 Å². The maximum atomic E-state index is 10.9. The largest absolute Gasteiger partial charge is 0.478 e. The molecule has 19 heavy (non-hydrogen) atoms. The van der Waals surface area contributed by atoms with E-state index in [2.05, 4.69) is 5.32 Å². The van der Waals surface area contributed by atoms with Crippen LogP contribution in [0, 0.1) is 0 Å². The third-order valence-corrected chi connectivity index (χ3v) is 2.51. The summed E-state index contributed by atoms with van der Waals surface area (Å²) in [4.78, 5) is 10.9. The zero-order chi connectivity index (χ0) is 14.1. The molecule has 0 saturated carbocycles. The first-order chi connectivity index (χ1) is 9.15. The number of carboxylic acids is 1. The zero-order valence-electron chi connectivity index (χ0n) is 11.0. The standard InChI is InChI=1S/C13H20N2O4/c1-18-7-8-19-6-2-5-15-10-3-4-12(14)11(9-10)13(16)17/h3-4,9,15H,2,5-8,14H2,1H3,(H,16,17). The number of nitrogen functional groups attached to an aromatic ring is 1. The Hall–Kier alpha value is -1.79. The van der Waals surface area contributed by atoms with Crippen molar-refractivity contribution in [1.82, 2.24) is 0 Å². The van der Waals surface area contributed by atoms with Crippen LogP contribution in [0.1, 0.15) is 16.8 Å². The highest BCUT2D eigenvalue weighted by atomic mass is 16.5. The summed E-state index contributed by atoms with van der Waals surface area (Å²) in [7, 11) is 1.63. The Morgan fingerprint density at radius 3 is 2.84 bits per heavy atom. The number of rotatable bonds is 9. The molecule has 0 aliphatic rings. The van der Waals surface area contributed by atoms with Crippen LogP contribution in [0.15, 0.2) is 18.2 Å². The van der Waals surface area contributed by atoms with E-state index in [1.165, 1.54) is 6.07 Å². The van der Waals surface area contributed by atoms with Crippen molar-refractivity contribution in [2.24, 2.45) is 0 Å². The van der Waals surface area contributed by atoms with Gasteiger partial charge in [-0.2, -0.15) is 0 Å². The van der Waals surface area contributed by atoms with Gasteiger partial charge < -0.3 is 25.6 Å². The lowest BCUT2D eigenvalue weighted by atomic mass is 10.1. The van der Waals surface area contributed by atoms with Gasteiger partial charge in [0.05, 0.1) is 18.8 Å². The number of anilines is 2. The monoisotopic (exact) mass is 268 g/mol. The summed E-state index contributed by atoms with van der Waals surface area (Å²) >= 11 is 0. The molecule has 0 saturated heterocycles. The molecule has 1 aromatic carbocycles. The topological polar surface area (TPSA) is 93.8 Å². The molecule has 0 aliphatic carbocycles. The van der Waals surface area contributed by atoms with E-state index < -0.39 is 5.97 Å². The van der Waals surface area contributed by atoms with Gasteiger partial charge in [-0.25, -0.2) is 4.79 Å². The maximum Gasteiger partial charge on any atom is 0.337 e. The maximum absolute atomic E-state index is 10.9. The average molecular weight is 268 g/mol. The van der Waals surface area contributed by atoms with Gasteiger partial charge in [-0.15, -0.1) is 0 Å². The third-order valence-electron chi connectivity index (χ3n) is 2.51. The van der Waals surface area contributed by atoms with Crippen LogP contribution >= 0.6 is 0 Å². The molecule has 0 radical (unpaired) electrons. The second-order valence-electron chi connectivity index (χ2n) is 3.99. The van der Waals surface area contributed by atoms with Gasteiger partial charge in [0, 0.05) is 31.6 Å². The second-order valence-corrected chi connectivity index (χ2v) is 3.99. The average Bonchev–Trinajstić information content (AvgIpc) is 2.39. The molecule has 0 heterocycles. The molecule has 0 bridgehead atoms. The van der Waals surface area contributed by atoms with Gasteiger partial charge in [-0.05, 0) is 24.6 Å². The van der Waals surface area contributed by atoms with Crippen molar-refractivity contribution >= 4 is 17.3 Å². The minimum Gasteiger partial charge on any atom is -0.478 e. The van der Waals surface area contributed by atoms with Crippen LogP contribution in [0.3, 0.4) is 0 Å². The van der Waals surface area contributed by atoms with Gasteiger partial charge in [-0.1, -0.05) is 0 Å². The molecule has 1 rings (SSSR count). The normalized spacial score (nSPS) is 10.4. The Kier molecular flexibility index (Phi) is 6.70. The molecule has 106 valence electrons. The molecule has 6 nitrogen and oxygen atoms in total. The molecule has 4 N–H and O–H groups in total. The van der Waals surface area contributed by atoms with Gasteiger partial charge in [0.15, 0.2) is 0 Å². The highest BCUT2D eigenvalue weighted by Gasteiger charge is 2.08. The highest BCUT2D eigenvalue weighted by Crippen LogP contribution is 2.17. The van der Waals surface area contributed by atoms with E-state index in [4.69, 9.17) is 20.3 Å². The Morgan fingerprint density at radius 1 is 1.37 bits per heavy atom. The van der Waals surface area contributed by atoms with Crippen molar-refractivity contribution in [2.75, 3.05) is 44.5 Å². The molecule has 0 spiro atoms. The van der Waals surface area contributed by atoms with Crippen LogP contribution in [-0.4, -0.2) is 44.6 Å². The van der Waals surface area contributed by atoms with Gasteiger partial charge >= 0.3 is 5.97 Å². The van der Waals surface area contributed by atoms with Crippen LogP contribution in [0.25, 0.3) is 0 Å². The summed E-state index contributed by atoms with van der Waals surface area (Å²) in [6, 6.07) is 4.87. The zero-order valence-corrected chi connectivity index (χ0v) is 11.0. The summed E-state index contributed by atoms with van der Waals surface area (Å²) < 4.78 is 10.2. The summed E-state index contributed by atoms with van der Waals surface area (Å²) in [5.41, 5.74) is 6.69. The Morgan fingerprint density at radius 2 is 2.16 bits per heavy atom. The number of carboxylic acid groups (broad SMARTS) is 1. The van der Waals surface area contributed by atoms with Gasteiger partial charge in [0.25, 0.3) is 0 Å². The minimum absolute atomic E-state index is 0.112. The molecular weight excluding hydrogens is 248 g/mol. The van der Waals surface area contributed by atoms with E-state index in [0.717, 1.165) is 12.1 Å². The number of nitrogens with two attached hydrogens (primary N) is 1. The molecule has 0 atom stereocenters. The summed E-state index contributed by atoms with van der Waals surface area (Å²) in [5, 5.41) is 12.1. The molecule has 0 amide bonds. The first-order valence-electron chi connectivity index (χ1n) is 6.08. The molecule has 0 fully saturated rings. The van der Waals surface area contributed by atoms with Crippen molar-refractivity contribution in [3.63, 3.8) is 0 Å². The smallest absolute Gasteiger partial charge is 0.337 e. The summed E-state index contributed by atoms with van der Waals surface area (Å²) in [6.45, 7) is 2.52. The van der Waals surface area contributed by atoms with Crippen LogP contribution < -0.4 is 11.1 Å². The number of aromatic carboxylic acids is 1. The lowest BCUT2D eigenvalue weighted by Crippen LogP contribution is -2.09. The number of benzene rings is 1. The SMILES string of the molecule is COCCOCCCNc1ccc(N)c(C(=O)O)c1. The number of hydrogen-bond acceptors (Lipinski definition) is 5. The van der Waals surface area contributed by atoms with Crippen molar-refractivity contribution in [3.8, 4) is 0 Å². The molecular formula is C13H20N2O4. The summed E-state index contributed by atoms with van der Waals surface area (Å²) in [6.07, 6.45) is 0.830. The molecule has 0 aromatic heterocycles. The van der Waals surface area contributed by atoms with Crippen molar-refractivity contribution in [3.05, 3.63) is 23.8 Å². The van der Waals surface area contributed by atoms with Crippen LogP contribution in [0.2, 0.25) is 0 Å². The fourth-order valence-electron chi connectivity index (χ4n) is 1.50. The lowest BCUT2D eigenvalue weighted by molar-refractivity contribution is 0.0697. The fourth-order valence-corrected chi connectivity index (χ4v) is 1.50. The Balaban J connectivity index is 2.30. The van der Waals surface area contributed by atoms with Crippen LogP contribution in [0.4, 0.5) is 11.4 Å². The van der Waals surface area contributed by atoms with E-state index in [1.54, 1.807) is 19.2 Å². The van der Waals surface area contributed by atoms with E-state index in [9.17, 15) is 4.79 Å². The minimum atomic E-state index is -1.02. The molecule has 6 heteroatoms. The third kappa shape index (κ3) is 5.58. The number of carbonyl (C=O) groups is 1. The predicted octanol–water partition coefficient (Wildman–Crippen LogP) is 1.43. The first kappa shape index (κ1) is 15.3. The molecule has 0 aliphatic heterocycles. The number of nitrogens with one attached hydrogen (secondary N) is 1. The van der Waals surface area contributed by atoms with Crippen LogP contribution in [0.5, 0.6) is 0 Å². The van der Waals surface area contributed by atoms with Gasteiger partial charge in [-0.3, -0.25) is 0 Å². The highest BCUT2D eigenvalue weighted by molar-refractivity contribution is 5.94. The van der Waals surface area contributed by atoms with E-state index >= 15 is 0 Å². The van der Waals surface area contributed by atoms with Crippen molar-refractivity contribution < 1.29 is 19.4 Å². The van der Waals surface area contributed by atoms with Gasteiger partial charge in [0.2, 0.25) is 0 Å². The quantitative estimate of drug-likeness (QED) is 0.463. The number of hydrogen-bond donors (Lipinski definition) is 3. The molecule has 0 unspecified atom stereocenters. The Labute approximate surface area is 112 Å². The van der Waals surface area contributed by atoms with Crippen molar-refractivity contribution in [1.29, 1.82) is 0 Å². The number of ether oxygens (including phenoxy) is 2. The molecule has 1 aromatic rings. The van der Waals surface area contributed by atoms with E-state index in [1.807, 2.05) is 0 Å². The number of methoxy groups -OCH3 is 1. The fraction of sp³-hybridized carbons (Fsp3) is 0.462. The lowest BCUT2D eigenvalue weighted by Gasteiger charge is -2.09. The van der Waals surface area contributed by atoms with E-state index in [0.29, 0.717) is 26.4 Å². The van der Waals surface area contributed by atoms with Crippen LogP contribution in [-0.2, 0) is 9.47 Å². The second kappa shape index (κ2) is 8.34. The predicted molar refractivity (Wildman–Crippen MR) is 73.6 cm³/mol. The summed E-state index contributed by atoms with van der Waals surface area (Å²) in [5.74, 6) is -1.02. The first-order valence-corrected chi connectivity index (χ1v) is 6.08.